The van der Waals surface area contributed by atoms with Gasteiger partial charge in [0.05, 0.1) is 5.56 Å². The lowest BCUT2D eigenvalue weighted by molar-refractivity contribution is 0.0959. The topological polar surface area (TPSA) is 29.1 Å². The average molecular weight is 169 g/mol. The van der Waals surface area contributed by atoms with Gasteiger partial charge in [0, 0.05) is 8.47 Å². The SMILES string of the molecule is CNC(=O)c1ccc(C)cc1F.[HH]. The Morgan fingerprint density at radius 3 is 2.75 bits per heavy atom. The zero-order valence-electron chi connectivity index (χ0n) is 7.02. The van der Waals surface area contributed by atoms with Crippen LogP contribution in [0, 0.1) is 12.7 Å². The van der Waals surface area contributed by atoms with E-state index in [2.05, 4.69) is 5.32 Å². The summed E-state index contributed by atoms with van der Waals surface area (Å²) in [5, 5.41) is 2.36. The molecule has 0 saturated heterocycles. The molecule has 0 atom stereocenters. The Hall–Kier alpha value is -1.38. The van der Waals surface area contributed by atoms with E-state index in [0.29, 0.717) is 0 Å². The third-order valence-electron chi connectivity index (χ3n) is 1.60. The summed E-state index contributed by atoms with van der Waals surface area (Å²) in [4.78, 5) is 11.0. The minimum absolute atomic E-state index is 0. The van der Waals surface area contributed by atoms with Crippen LogP contribution in [-0.4, -0.2) is 13.0 Å². The lowest BCUT2D eigenvalue weighted by Gasteiger charge is -2.01. The van der Waals surface area contributed by atoms with E-state index in [0.717, 1.165) is 5.56 Å². The standard InChI is InChI=1S/C9H10FNO.H2/c1-6-3-4-7(8(10)5-6)9(12)11-2;/h3-5H,1-2H3,(H,11,12);1H. The summed E-state index contributed by atoms with van der Waals surface area (Å²) in [5.41, 5.74) is 0.892. The zero-order valence-corrected chi connectivity index (χ0v) is 7.02. The van der Waals surface area contributed by atoms with Gasteiger partial charge in [0.2, 0.25) is 0 Å². The van der Waals surface area contributed by atoms with Gasteiger partial charge in [0.15, 0.2) is 0 Å². The molecule has 2 nitrogen and oxygen atoms in total. The minimum atomic E-state index is -0.477. The first-order valence-corrected chi connectivity index (χ1v) is 3.63. The number of amides is 1. The third-order valence-corrected chi connectivity index (χ3v) is 1.60. The van der Waals surface area contributed by atoms with Gasteiger partial charge in [0.25, 0.3) is 5.91 Å². The maximum atomic E-state index is 13.0. The highest BCUT2D eigenvalue weighted by molar-refractivity contribution is 5.94. The van der Waals surface area contributed by atoms with Crippen molar-refractivity contribution in [2.24, 2.45) is 0 Å². The average Bonchev–Trinajstić information content (AvgIpc) is 2.03. The molecule has 0 aliphatic heterocycles. The molecule has 0 heterocycles. The highest BCUT2D eigenvalue weighted by Crippen LogP contribution is 2.08. The molecule has 12 heavy (non-hydrogen) atoms. The normalized spacial score (nSPS) is 9.58. The minimum Gasteiger partial charge on any atom is -0.355 e. The Morgan fingerprint density at radius 2 is 2.25 bits per heavy atom. The molecule has 0 aromatic heterocycles. The third kappa shape index (κ3) is 1.61. The molecule has 0 aliphatic carbocycles. The molecule has 0 radical (unpaired) electrons. The monoisotopic (exact) mass is 169 g/mol. The number of carbonyl (C=O) groups excluding carboxylic acids is 1. The molecule has 0 bridgehead atoms. The van der Waals surface area contributed by atoms with Gasteiger partial charge in [0.1, 0.15) is 5.82 Å². The molecule has 3 heteroatoms. The highest BCUT2D eigenvalue weighted by atomic mass is 19.1. The largest absolute Gasteiger partial charge is 0.355 e. The fraction of sp³-hybridized carbons (Fsp3) is 0.222. The van der Waals surface area contributed by atoms with Crippen molar-refractivity contribution >= 4 is 5.91 Å². The van der Waals surface area contributed by atoms with E-state index in [4.69, 9.17) is 0 Å². The second kappa shape index (κ2) is 3.34. The van der Waals surface area contributed by atoms with Crippen molar-refractivity contribution in [1.29, 1.82) is 0 Å². The molecule has 1 N–H and O–H groups in total. The molecule has 0 fully saturated rings. The molecular weight excluding hydrogens is 157 g/mol. The van der Waals surface area contributed by atoms with Gasteiger partial charge in [-0.1, -0.05) is 6.07 Å². The van der Waals surface area contributed by atoms with E-state index in [-0.39, 0.29) is 6.99 Å². The molecule has 1 amide bonds. The number of hydrogen-bond acceptors (Lipinski definition) is 1. The van der Waals surface area contributed by atoms with Gasteiger partial charge in [-0.05, 0) is 24.6 Å². The molecule has 0 unspecified atom stereocenters. The molecule has 0 aliphatic rings. The fourth-order valence-corrected chi connectivity index (χ4v) is 0.939. The first kappa shape index (κ1) is 8.71. The van der Waals surface area contributed by atoms with Crippen molar-refractivity contribution in [2.45, 2.75) is 6.92 Å². The first-order valence-electron chi connectivity index (χ1n) is 3.63. The van der Waals surface area contributed by atoms with Crippen LogP contribution in [0.2, 0.25) is 0 Å². The molecule has 1 aromatic rings. The Balaban J connectivity index is 0.00000144. The van der Waals surface area contributed by atoms with Gasteiger partial charge < -0.3 is 5.32 Å². The summed E-state index contributed by atoms with van der Waals surface area (Å²) in [6, 6.07) is 4.52. The van der Waals surface area contributed by atoms with E-state index in [1.165, 1.54) is 19.2 Å². The summed E-state index contributed by atoms with van der Waals surface area (Å²) in [6.07, 6.45) is 0. The predicted octanol–water partition coefficient (Wildman–Crippen LogP) is 1.74. The van der Waals surface area contributed by atoms with Crippen LogP contribution in [0.5, 0.6) is 0 Å². The quantitative estimate of drug-likeness (QED) is 0.681. The lowest BCUT2D eigenvalue weighted by Crippen LogP contribution is -2.19. The number of nitrogens with one attached hydrogen (secondary N) is 1. The number of aryl methyl sites for hydroxylation is 1. The molecule has 1 aromatic carbocycles. The predicted molar refractivity (Wildman–Crippen MR) is 46.6 cm³/mol. The maximum absolute atomic E-state index is 13.0. The van der Waals surface area contributed by atoms with Gasteiger partial charge in [-0.3, -0.25) is 4.79 Å². The van der Waals surface area contributed by atoms with Crippen molar-refractivity contribution < 1.29 is 10.6 Å². The fourth-order valence-electron chi connectivity index (χ4n) is 0.939. The van der Waals surface area contributed by atoms with Crippen LogP contribution in [-0.2, 0) is 0 Å². The molecule has 0 spiro atoms. The first-order chi connectivity index (χ1) is 5.65. The molecule has 0 saturated carbocycles. The summed E-state index contributed by atoms with van der Waals surface area (Å²) in [7, 11) is 1.47. The number of hydrogen-bond donors (Lipinski definition) is 1. The van der Waals surface area contributed by atoms with Gasteiger partial charge in [-0.25, -0.2) is 4.39 Å². The Kier molecular flexibility index (Phi) is 2.43. The van der Waals surface area contributed by atoms with Gasteiger partial charge in [-0.2, -0.15) is 0 Å². The van der Waals surface area contributed by atoms with Crippen molar-refractivity contribution in [3.05, 3.63) is 35.1 Å². The maximum Gasteiger partial charge on any atom is 0.253 e. The van der Waals surface area contributed by atoms with E-state index < -0.39 is 11.7 Å². The number of rotatable bonds is 1. The van der Waals surface area contributed by atoms with Crippen LogP contribution < -0.4 is 5.32 Å². The number of benzene rings is 1. The highest BCUT2D eigenvalue weighted by Gasteiger charge is 2.08. The smallest absolute Gasteiger partial charge is 0.253 e. The molecule has 66 valence electrons. The van der Waals surface area contributed by atoms with Crippen molar-refractivity contribution in [3.8, 4) is 0 Å². The van der Waals surface area contributed by atoms with E-state index >= 15 is 0 Å². The summed E-state index contributed by atoms with van der Waals surface area (Å²) < 4.78 is 13.0. The second-order valence-electron chi connectivity index (χ2n) is 2.56. The van der Waals surface area contributed by atoms with Crippen LogP contribution in [0.15, 0.2) is 18.2 Å². The van der Waals surface area contributed by atoms with Crippen LogP contribution in [0.25, 0.3) is 0 Å². The zero-order chi connectivity index (χ0) is 9.14. The summed E-state index contributed by atoms with van der Waals surface area (Å²) >= 11 is 0. The lowest BCUT2D eigenvalue weighted by atomic mass is 10.1. The van der Waals surface area contributed by atoms with Crippen molar-refractivity contribution in [3.63, 3.8) is 0 Å². The summed E-state index contributed by atoms with van der Waals surface area (Å²) in [5.74, 6) is -0.873. The molecular formula is C9H12FNO. The van der Waals surface area contributed by atoms with Crippen molar-refractivity contribution in [1.82, 2.24) is 5.32 Å². The molecule has 1 rings (SSSR count). The van der Waals surface area contributed by atoms with Crippen LogP contribution in [0.3, 0.4) is 0 Å². The van der Waals surface area contributed by atoms with Crippen LogP contribution in [0.4, 0.5) is 4.39 Å². The number of carbonyl (C=O) groups is 1. The Labute approximate surface area is 71.9 Å². The van der Waals surface area contributed by atoms with Gasteiger partial charge >= 0.3 is 0 Å². The van der Waals surface area contributed by atoms with Crippen molar-refractivity contribution in [2.75, 3.05) is 7.05 Å². The Morgan fingerprint density at radius 1 is 1.58 bits per heavy atom. The number of halogens is 1. The second-order valence-corrected chi connectivity index (χ2v) is 2.56. The van der Waals surface area contributed by atoms with Crippen LogP contribution in [0.1, 0.15) is 17.3 Å². The van der Waals surface area contributed by atoms with E-state index in [1.807, 2.05) is 0 Å². The van der Waals surface area contributed by atoms with E-state index in [9.17, 15) is 9.18 Å². The van der Waals surface area contributed by atoms with Crippen LogP contribution >= 0.6 is 0 Å². The van der Waals surface area contributed by atoms with E-state index in [1.54, 1.807) is 13.0 Å². The Bertz CT molecular complexity index is 314. The van der Waals surface area contributed by atoms with Gasteiger partial charge in [-0.15, -0.1) is 0 Å². The summed E-state index contributed by atoms with van der Waals surface area (Å²) in [6.45, 7) is 1.77.